The molecule has 1 N–H and O–H groups in total. The van der Waals surface area contributed by atoms with Crippen LogP contribution < -0.4 is 5.32 Å². The Balaban J connectivity index is 2.69. The van der Waals surface area contributed by atoms with Crippen molar-refractivity contribution in [3.8, 4) is 0 Å². The Morgan fingerprint density at radius 1 is 1.18 bits per heavy atom. The maximum atomic E-state index is 13.1. The second-order valence-electron chi connectivity index (χ2n) is 4.84. The molecule has 5 nitrogen and oxygen atoms in total. The smallest absolute Gasteiger partial charge is 0.328 e. The molecule has 0 unspecified atom stereocenters. The minimum absolute atomic E-state index is 0.102. The van der Waals surface area contributed by atoms with Gasteiger partial charge in [0.2, 0.25) is 5.91 Å². The predicted molar refractivity (Wildman–Crippen MR) is 73.9 cm³/mol. The number of amides is 1. The molecule has 0 aromatic heterocycles. The van der Waals surface area contributed by atoms with Crippen LogP contribution >= 0.6 is 0 Å². The summed E-state index contributed by atoms with van der Waals surface area (Å²) >= 11 is 0. The van der Waals surface area contributed by atoms with Crippen molar-refractivity contribution < 1.29 is 27.9 Å². The number of nitrogens with one attached hydrogen (secondary N) is 1. The van der Waals surface area contributed by atoms with Gasteiger partial charge in [0.15, 0.2) is 0 Å². The first-order valence-electron chi connectivity index (χ1n) is 6.63. The maximum Gasteiger partial charge on any atom is 0.328 e. The van der Waals surface area contributed by atoms with Crippen LogP contribution in [0, 0.1) is 11.6 Å². The van der Waals surface area contributed by atoms with Gasteiger partial charge in [0.05, 0.1) is 13.5 Å². The van der Waals surface area contributed by atoms with Crippen molar-refractivity contribution in [3.05, 3.63) is 35.4 Å². The Bertz CT molecular complexity index is 554. The van der Waals surface area contributed by atoms with Crippen LogP contribution in [-0.2, 0) is 25.5 Å². The van der Waals surface area contributed by atoms with Crippen LogP contribution in [0.5, 0.6) is 0 Å². The van der Waals surface area contributed by atoms with Gasteiger partial charge in [0, 0.05) is 12.5 Å². The molecule has 0 spiro atoms. The van der Waals surface area contributed by atoms with Gasteiger partial charge < -0.3 is 14.8 Å². The van der Waals surface area contributed by atoms with Gasteiger partial charge in [-0.05, 0) is 31.0 Å². The van der Waals surface area contributed by atoms with Gasteiger partial charge in [-0.3, -0.25) is 4.79 Å². The van der Waals surface area contributed by atoms with Crippen molar-refractivity contribution in [1.29, 1.82) is 0 Å². The average Bonchev–Trinajstić information content (AvgIpc) is 2.41. The zero-order valence-corrected chi connectivity index (χ0v) is 12.3. The Morgan fingerprint density at radius 3 is 2.27 bits per heavy atom. The molecule has 0 aliphatic rings. The van der Waals surface area contributed by atoms with E-state index in [1.165, 1.54) is 6.92 Å². The highest BCUT2D eigenvalue weighted by Gasteiger charge is 2.22. The first-order chi connectivity index (χ1) is 10.3. The van der Waals surface area contributed by atoms with E-state index in [4.69, 9.17) is 0 Å². The molecule has 1 aromatic carbocycles. The number of carbonyl (C=O) groups excluding carboxylic acids is 3. The van der Waals surface area contributed by atoms with E-state index < -0.39 is 29.6 Å². The summed E-state index contributed by atoms with van der Waals surface area (Å²) in [6, 6.07) is 1.79. The molecule has 22 heavy (non-hydrogen) atoms. The number of hydrogen-bond acceptors (Lipinski definition) is 4. The van der Waals surface area contributed by atoms with E-state index in [0.717, 1.165) is 19.2 Å². The van der Waals surface area contributed by atoms with Crippen LogP contribution in [0.4, 0.5) is 8.78 Å². The number of esters is 1. The lowest BCUT2D eigenvalue weighted by atomic mass is 10.1. The number of halogens is 2. The third kappa shape index (κ3) is 5.99. The third-order valence-corrected chi connectivity index (χ3v) is 2.89. The maximum absolute atomic E-state index is 13.1. The van der Waals surface area contributed by atoms with E-state index in [1.807, 2.05) is 0 Å². The van der Waals surface area contributed by atoms with E-state index >= 15 is 0 Å². The summed E-state index contributed by atoms with van der Waals surface area (Å²) in [6.07, 6.45) is -0.0812. The lowest BCUT2D eigenvalue weighted by molar-refractivity contribution is -0.145. The molecule has 0 radical (unpaired) electrons. The standard InChI is InChI=1S/C15H17F2NO4/c1-9(19)3-4-13(15(21)22-2)18-14(20)7-10-5-11(16)8-12(17)6-10/h5-6,8,13H,3-4,7H2,1-2H3,(H,18,20)/t13-/m1/s1. The van der Waals surface area contributed by atoms with E-state index in [2.05, 4.69) is 10.1 Å². The summed E-state index contributed by atoms with van der Waals surface area (Å²) in [4.78, 5) is 34.4. The highest BCUT2D eigenvalue weighted by atomic mass is 19.1. The molecule has 7 heteroatoms. The van der Waals surface area contributed by atoms with Crippen LogP contribution in [-0.4, -0.2) is 30.8 Å². The van der Waals surface area contributed by atoms with Gasteiger partial charge >= 0.3 is 5.97 Å². The summed E-state index contributed by atoms with van der Waals surface area (Å²) in [6.45, 7) is 1.37. The largest absolute Gasteiger partial charge is 0.467 e. The average molecular weight is 313 g/mol. The number of rotatable bonds is 7. The van der Waals surface area contributed by atoms with Crippen molar-refractivity contribution in [2.75, 3.05) is 7.11 Å². The quantitative estimate of drug-likeness (QED) is 0.775. The predicted octanol–water partition coefficient (Wildman–Crippen LogP) is 1.53. The van der Waals surface area contributed by atoms with Gasteiger partial charge in [-0.25, -0.2) is 13.6 Å². The highest BCUT2D eigenvalue weighted by molar-refractivity contribution is 5.86. The summed E-state index contributed by atoms with van der Waals surface area (Å²) in [7, 11) is 1.16. The first kappa shape index (κ1) is 17.7. The van der Waals surface area contributed by atoms with Crippen molar-refractivity contribution in [1.82, 2.24) is 5.32 Å². The SMILES string of the molecule is COC(=O)[C@@H](CCC(C)=O)NC(=O)Cc1cc(F)cc(F)c1. The molecule has 0 aliphatic heterocycles. The fourth-order valence-corrected chi connectivity index (χ4v) is 1.88. The zero-order valence-electron chi connectivity index (χ0n) is 12.3. The molecule has 0 fully saturated rings. The Morgan fingerprint density at radius 2 is 1.77 bits per heavy atom. The first-order valence-corrected chi connectivity index (χ1v) is 6.63. The molecule has 120 valence electrons. The number of ether oxygens (including phenoxy) is 1. The van der Waals surface area contributed by atoms with Gasteiger partial charge in [0.25, 0.3) is 0 Å². The monoisotopic (exact) mass is 313 g/mol. The number of methoxy groups -OCH3 is 1. The number of hydrogen-bond donors (Lipinski definition) is 1. The topological polar surface area (TPSA) is 72.5 Å². The van der Waals surface area contributed by atoms with E-state index in [-0.39, 0.29) is 30.6 Å². The molecule has 0 saturated heterocycles. The Kier molecular flexibility index (Phi) is 6.62. The second-order valence-corrected chi connectivity index (χ2v) is 4.84. The van der Waals surface area contributed by atoms with Gasteiger partial charge in [-0.2, -0.15) is 0 Å². The van der Waals surface area contributed by atoms with Crippen LogP contribution in [0.15, 0.2) is 18.2 Å². The molecular formula is C15H17F2NO4. The molecule has 1 atom stereocenters. The second kappa shape index (κ2) is 8.21. The molecule has 1 rings (SSSR count). The minimum atomic E-state index is -0.972. The molecule has 0 aliphatic carbocycles. The van der Waals surface area contributed by atoms with E-state index in [0.29, 0.717) is 6.07 Å². The van der Waals surface area contributed by atoms with Gasteiger partial charge in [-0.15, -0.1) is 0 Å². The van der Waals surface area contributed by atoms with Crippen LogP contribution in [0.2, 0.25) is 0 Å². The van der Waals surface area contributed by atoms with Crippen molar-refractivity contribution in [2.45, 2.75) is 32.2 Å². The Hall–Kier alpha value is -2.31. The number of carbonyl (C=O) groups is 3. The van der Waals surface area contributed by atoms with Crippen molar-refractivity contribution >= 4 is 17.7 Å². The lowest BCUT2D eigenvalue weighted by Crippen LogP contribution is -2.42. The van der Waals surface area contributed by atoms with Crippen molar-refractivity contribution in [2.24, 2.45) is 0 Å². The summed E-state index contributed by atoms with van der Waals surface area (Å²) in [5.74, 6) is -2.98. The molecule has 0 bridgehead atoms. The third-order valence-electron chi connectivity index (χ3n) is 2.89. The zero-order chi connectivity index (χ0) is 16.7. The minimum Gasteiger partial charge on any atom is -0.467 e. The summed E-state index contributed by atoms with van der Waals surface area (Å²) < 4.78 is 30.6. The molecule has 1 amide bonds. The normalized spacial score (nSPS) is 11.6. The highest BCUT2D eigenvalue weighted by Crippen LogP contribution is 2.09. The van der Waals surface area contributed by atoms with E-state index in [1.54, 1.807) is 0 Å². The molecule has 1 aromatic rings. The fourth-order valence-electron chi connectivity index (χ4n) is 1.88. The molecule has 0 saturated carbocycles. The van der Waals surface area contributed by atoms with Crippen LogP contribution in [0.25, 0.3) is 0 Å². The van der Waals surface area contributed by atoms with Gasteiger partial charge in [-0.1, -0.05) is 0 Å². The Labute approximate surface area is 126 Å². The number of ketones is 1. The van der Waals surface area contributed by atoms with E-state index in [9.17, 15) is 23.2 Å². The summed E-state index contributed by atoms with van der Waals surface area (Å²) in [5.41, 5.74) is 0.144. The van der Waals surface area contributed by atoms with Crippen molar-refractivity contribution in [3.63, 3.8) is 0 Å². The van der Waals surface area contributed by atoms with Gasteiger partial charge in [0.1, 0.15) is 23.5 Å². The van der Waals surface area contributed by atoms with Crippen LogP contribution in [0.3, 0.4) is 0 Å². The lowest BCUT2D eigenvalue weighted by Gasteiger charge is -2.16. The number of benzene rings is 1. The van der Waals surface area contributed by atoms with Crippen LogP contribution in [0.1, 0.15) is 25.3 Å². The fraction of sp³-hybridized carbons (Fsp3) is 0.400. The number of Topliss-reactive ketones (excluding diaryl/α,β-unsaturated/α-hetero) is 1. The molecule has 0 heterocycles. The summed E-state index contributed by atoms with van der Waals surface area (Å²) in [5, 5.41) is 2.40. The molecular weight excluding hydrogens is 296 g/mol.